The molecule has 2 aromatic carbocycles. The average molecular weight is 393 g/mol. The van der Waals surface area contributed by atoms with E-state index in [-0.39, 0.29) is 11.4 Å². The van der Waals surface area contributed by atoms with Crippen molar-refractivity contribution in [1.29, 1.82) is 0 Å². The molecule has 0 amide bonds. The van der Waals surface area contributed by atoms with Crippen LogP contribution in [0.3, 0.4) is 0 Å². The number of sulfonamides is 1. The molecule has 0 N–H and O–H groups in total. The Kier molecular flexibility index (Phi) is 5.31. The highest BCUT2D eigenvalue weighted by molar-refractivity contribution is 7.89. The molecule has 0 unspecified atom stereocenters. The lowest BCUT2D eigenvalue weighted by atomic mass is 10.2. The second kappa shape index (κ2) is 7.49. The van der Waals surface area contributed by atoms with Gasteiger partial charge in [0, 0.05) is 17.6 Å². The zero-order valence-corrected chi connectivity index (χ0v) is 15.8. The van der Waals surface area contributed by atoms with Crippen LogP contribution >= 0.6 is 11.6 Å². The Hall–Kier alpha value is -2.35. The van der Waals surface area contributed by atoms with Crippen LogP contribution in [0.25, 0.3) is 11.3 Å². The Labute approximate surface area is 157 Å². The second-order valence-electron chi connectivity index (χ2n) is 5.56. The molecule has 0 bridgehead atoms. The predicted octanol–water partition coefficient (Wildman–Crippen LogP) is 3.82. The molecule has 1 aromatic heterocycles. The first-order valence-corrected chi connectivity index (χ1v) is 9.53. The highest BCUT2D eigenvalue weighted by Gasteiger charge is 2.22. The summed E-state index contributed by atoms with van der Waals surface area (Å²) < 4.78 is 37.2. The van der Waals surface area contributed by atoms with E-state index < -0.39 is 10.0 Å². The summed E-state index contributed by atoms with van der Waals surface area (Å²) in [6.45, 7) is 0.0158. The van der Waals surface area contributed by atoms with E-state index in [9.17, 15) is 8.42 Å². The summed E-state index contributed by atoms with van der Waals surface area (Å²) in [4.78, 5) is 4.34. The first-order chi connectivity index (χ1) is 12.4. The number of nitrogens with zero attached hydrogens (tertiary/aromatic N) is 2. The van der Waals surface area contributed by atoms with Crippen LogP contribution in [0.5, 0.6) is 5.75 Å². The van der Waals surface area contributed by atoms with Gasteiger partial charge in [0.1, 0.15) is 5.75 Å². The van der Waals surface area contributed by atoms with E-state index in [1.54, 1.807) is 30.5 Å². The van der Waals surface area contributed by atoms with Gasteiger partial charge in [0.25, 0.3) is 0 Å². The van der Waals surface area contributed by atoms with Crippen molar-refractivity contribution in [3.8, 4) is 17.1 Å². The van der Waals surface area contributed by atoms with Gasteiger partial charge >= 0.3 is 0 Å². The largest absolute Gasteiger partial charge is 0.497 e. The number of hydrogen-bond donors (Lipinski definition) is 0. The minimum absolute atomic E-state index is 0.0158. The van der Waals surface area contributed by atoms with Crippen molar-refractivity contribution in [2.75, 3.05) is 14.2 Å². The van der Waals surface area contributed by atoms with Crippen molar-refractivity contribution in [3.63, 3.8) is 0 Å². The number of benzene rings is 2. The van der Waals surface area contributed by atoms with Crippen LogP contribution in [0.2, 0.25) is 5.02 Å². The normalized spacial score (nSPS) is 11.7. The molecule has 0 fully saturated rings. The molecule has 1 heterocycles. The van der Waals surface area contributed by atoms with Crippen LogP contribution in [0.4, 0.5) is 0 Å². The Morgan fingerprint density at radius 3 is 2.38 bits per heavy atom. The molecular weight excluding hydrogens is 376 g/mol. The molecule has 0 aliphatic carbocycles. The first-order valence-electron chi connectivity index (χ1n) is 7.71. The topological polar surface area (TPSA) is 72.6 Å². The molecular formula is C18H17ClN2O4S. The SMILES string of the molecule is COc1ccc(S(=O)(=O)N(C)Cc2ncc(-c3ccc(Cl)cc3)o2)cc1. The lowest BCUT2D eigenvalue weighted by Crippen LogP contribution is -2.26. The molecule has 3 rings (SSSR count). The minimum Gasteiger partial charge on any atom is -0.497 e. The number of hydrogen-bond acceptors (Lipinski definition) is 5. The Bertz CT molecular complexity index is 983. The molecule has 0 saturated heterocycles. The molecule has 0 radical (unpaired) electrons. The van der Waals surface area contributed by atoms with E-state index in [4.69, 9.17) is 20.8 Å². The smallest absolute Gasteiger partial charge is 0.243 e. The molecule has 0 saturated carbocycles. The van der Waals surface area contributed by atoms with Crippen LogP contribution in [-0.4, -0.2) is 31.9 Å². The van der Waals surface area contributed by atoms with E-state index in [2.05, 4.69) is 4.98 Å². The number of halogens is 1. The molecule has 0 aliphatic heterocycles. The molecule has 0 spiro atoms. The second-order valence-corrected chi connectivity index (χ2v) is 8.04. The van der Waals surface area contributed by atoms with Crippen LogP contribution in [0.1, 0.15) is 5.89 Å². The molecule has 3 aromatic rings. The summed E-state index contributed by atoms with van der Waals surface area (Å²) in [6, 6.07) is 13.3. The summed E-state index contributed by atoms with van der Waals surface area (Å²) in [6.07, 6.45) is 1.56. The van der Waals surface area contributed by atoms with Gasteiger partial charge in [-0.1, -0.05) is 11.6 Å². The van der Waals surface area contributed by atoms with E-state index in [1.807, 2.05) is 12.1 Å². The Morgan fingerprint density at radius 1 is 1.12 bits per heavy atom. The third kappa shape index (κ3) is 3.90. The lowest BCUT2D eigenvalue weighted by molar-refractivity contribution is 0.399. The fraction of sp³-hybridized carbons (Fsp3) is 0.167. The summed E-state index contributed by atoms with van der Waals surface area (Å²) in [5.74, 6) is 1.44. The van der Waals surface area contributed by atoms with Crippen molar-refractivity contribution in [2.24, 2.45) is 0 Å². The van der Waals surface area contributed by atoms with E-state index in [0.717, 1.165) is 5.56 Å². The summed E-state index contributed by atoms with van der Waals surface area (Å²) in [5.41, 5.74) is 0.814. The third-order valence-corrected chi connectivity index (χ3v) is 5.88. The Morgan fingerprint density at radius 2 is 1.77 bits per heavy atom. The zero-order valence-electron chi connectivity index (χ0n) is 14.2. The van der Waals surface area contributed by atoms with Gasteiger partial charge in [-0.2, -0.15) is 4.31 Å². The number of oxazole rings is 1. The fourth-order valence-corrected chi connectivity index (χ4v) is 3.58. The fourth-order valence-electron chi connectivity index (χ4n) is 2.33. The number of methoxy groups -OCH3 is 1. The van der Waals surface area contributed by atoms with E-state index >= 15 is 0 Å². The quantitative estimate of drug-likeness (QED) is 0.637. The van der Waals surface area contributed by atoms with Gasteiger partial charge in [0.2, 0.25) is 15.9 Å². The van der Waals surface area contributed by atoms with Gasteiger partial charge in [-0.05, 0) is 48.5 Å². The first kappa shape index (κ1) is 18.4. The van der Waals surface area contributed by atoms with Crippen molar-refractivity contribution in [1.82, 2.24) is 9.29 Å². The lowest BCUT2D eigenvalue weighted by Gasteiger charge is -2.15. The van der Waals surface area contributed by atoms with Crippen molar-refractivity contribution < 1.29 is 17.6 Å². The molecule has 6 nitrogen and oxygen atoms in total. The number of aromatic nitrogens is 1. The maximum atomic E-state index is 12.7. The highest BCUT2D eigenvalue weighted by atomic mass is 35.5. The minimum atomic E-state index is -3.66. The van der Waals surface area contributed by atoms with Crippen molar-refractivity contribution in [2.45, 2.75) is 11.4 Å². The standard InChI is InChI=1S/C18H17ClN2O4S/c1-21(26(22,23)16-9-7-15(24-2)8-10-16)12-18-20-11-17(25-18)13-3-5-14(19)6-4-13/h3-11H,12H2,1-2H3. The van der Waals surface area contributed by atoms with Crippen molar-refractivity contribution in [3.05, 3.63) is 65.6 Å². The molecule has 136 valence electrons. The third-order valence-electron chi connectivity index (χ3n) is 3.81. The van der Waals surface area contributed by atoms with Crippen LogP contribution in [-0.2, 0) is 16.6 Å². The Balaban J connectivity index is 1.76. The summed E-state index contributed by atoms with van der Waals surface area (Å²) in [7, 11) is -0.661. The van der Waals surface area contributed by atoms with Gasteiger partial charge in [0.05, 0.1) is 24.7 Å². The van der Waals surface area contributed by atoms with E-state index in [1.165, 1.54) is 30.6 Å². The zero-order chi connectivity index (χ0) is 18.7. The van der Waals surface area contributed by atoms with E-state index in [0.29, 0.717) is 22.4 Å². The maximum absolute atomic E-state index is 12.7. The molecule has 0 atom stereocenters. The van der Waals surface area contributed by atoms with Gasteiger partial charge in [-0.15, -0.1) is 0 Å². The van der Waals surface area contributed by atoms with Gasteiger partial charge < -0.3 is 9.15 Å². The summed E-state index contributed by atoms with van der Waals surface area (Å²) in [5, 5.41) is 0.624. The monoisotopic (exact) mass is 392 g/mol. The van der Waals surface area contributed by atoms with Gasteiger partial charge in [-0.3, -0.25) is 0 Å². The number of ether oxygens (including phenoxy) is 1. The van der Waals surface area contributed by atoms with Gasteiger partial charge in [-0.25, -0.2) is 13.4 Å². The van der Waals surface area contributed by atoms with Crippen molar-refractivity contribution >= 4 is 21.6 Å². The molecule has 26 heavy (non-hydrogen) atoms. The average Bonchev–Trinajstić information content (AvgIpc) is 3.10. The van der Waals surface area contributed by atoms with Gasteiger partial charge in [0.15, 0.2) is 5.76 Å². The van der Waals surface area contributed by atoms with Crippen LogP contribution in [0.15, 0.2) is 64.0 Å². The predicted molar refractivity (Wildman–Crippen MR) is 98.6 cm³/mol. The molecule has 0 aliphatic rings. The molecule has 8 heteroatoms. The number of rotatable bonds is 6. The summed E-state index contributed by atoms with van der Waals surface area (Å²) >= 11 is 5.87. The maximum Gasteiger partial charge on any atom is 0.243 e. The van der Waals surface area contributed by atoms with Crippen LogP contribution in [0, 0.1) is 0 Å². The van der Waals surface area contributed by atoms with Crippen LogP contribution < -0.4 is 4.74 Å². The highest BCUT2D eigenvalue weighted by Crippen LogP contribution is 2.24.